The third kappa shape index (κ3) is 8.21. The van der Waals surface area contributed by atoms with Gasteiger partial charge in [-0.15, -0.1) is 11.8 Å². The van der Waals surface area contributed by atoms with E-state index in [0.717, 1.165) is 0 Å². The first-order valence-corrected chi connectivity index (χ1v) is 11.2. The molecule has 0 aliphatic carbocycles. The third-order valence-corrected chi connectivity index (χ3v) is 7.16. The summed E-state index contributed by atoms with van der Waals surface area (Å²) in [5.74, 6) is 1.55. The van der Waals surface area contributed by atoms with Gasteiger partial charge in [0.2, 0.25) is 11.8 Å². The molecule has 1 aliphatic heterocycles. The number of carbonyl (C=O) groups is 3. The number of imide groups is 1. The predicted molar refractivity (Wildman–Crippen MR) is 102 cm³/mol. The Kier molecular flexibility index (Phi) is 11.6. The second kappa shape index (κ2) is 12.9. The molecule has 0 aromatic carbocycles. The number of rotatable bonds is 13. The molecule has 1 heterocycles. The van der Waals surface area contributed by atoms with Crippen molar-refractivity contribution < 1.29 is 29.3 Å². The maximum absolute atomic E-state index is 12.5. The van der Waals surface area contributed by atoms with Crippen LogP contribution in [-0.4, -0.2) is 93.3 Å². The van der Waals surface area contributed by atoms with E-state index in [2.05, 4.69) is 4.74 Å². The standard InChI is InChI=1S/C15H25NO6S3/c1-22-14(20)2-5-25-12-8-13(19)16(15(12)21)9-11(24-7-4-18)10-23-6-3-17/h11-12,17-18H,2-10H2,1H3. The molecule has 1 aliphatic rings. The van der Waals surface area contributed by atoms with Crippen LogP contribution in [0.2, 0.25) is 0 Å². The first kappa shape index (κ1) is 22.6. The van der Waals surface area contributed by atoms with Crippen LogP contribution >= 0.6 is 35.3 Å². The molecule has 1 fully saturated rings. The van der Waals surface area contributed by atoms with Crippen molar-refractivity contribution in [3.8, 4) is 0 Å². The molecule has 1 rings (SSSR count). The van der Waals surface area contributed by atoms with Crippen molar-refractivity contribution in [1.82, 2.24) is 4.90 Å². The van der Waals surface area contributed by atoms with E-state index in [9.17, 15) is 14.4 Å². The molecular formula is C15H25NO6S3. The second-order valence-corrected chi connectivity index (χ2v) is 9.12. The minimum absolute atomic E-state index is 0.0235. The molecule has 2 N–H and O–H groups in total. The number of hydrogen-bond acceptors (Lipinski definition) is 9. The monoisotopic (exact) mass is 411 g/mol. The van der Waals surface area contributed by atoms with E-state index in [1.165, 1.54) is 35.5 Å². The summed E-state index contributed by atoms with van der Waals surface area (Å²) in [5, 5.41) is 17.5. The number of thioether (sulfide) groups is 3. The minimum atomic E-state index is -0.439. The molecule has 2 atom stereocenters. The summed E-state index contributed by atoms with van der Waals surface area (Å²) >= 11 is 4.39. The number of aliphatic hydroxyl groups excluding tert-OH is 2. The summed E-state index contributed by atoms with van der Waals surface area (Å²) < 4.78 is 4.56. The Morgan fingerprint density at radius 2 is 2.00 bits per heavy atom. The van der Waals surface area contributed by atoms with Crippen LogP contribution in [-0.2, 0) is 19.1 Å². The predicted octanol–water partition coefficient (Wildman–Crippen LogP) is 0.230. The van der Waals surface area contributed by atoms with Gasteiger partial charge in [-0.25, -0.2) is 0 Å². The smallest absolute Gasteiger partial charge is 0.306 e. The number of ether oxygens (including phenoxy) is 1. The van der Waals surface area contributed by atoms with Crippen LogP contribution in [0.25, 0.3) is 0 Å². The van der Waals surface area contributed by atoms with Gasteiger partial charge in [0.1, 0.15) is 0 Å². The number of esters is 1. The van der Waals surface area contributed by atoms with Crippen LogP contribution in [0.15, 0.2) is 0 Å². The van der Waals surface area contributed by atoms with E-state index in [-0.39, 0.29) is 49.1 Å². The summed E-state index contributed by atoms with van der Waals surface area (Å²) in [6, 6.07) is 0. The molecule has 0 spiro atoms. The number of methoxy groups -OCH3 is 1. The van der Waals surface area contributed by atoms with Crippen molar-refractivity contribution in [1.29, 1.82) is 0 Å². The molecule has 0 aromatic rings. The Balaban J connectivity index is 2.52. The highest BCUT2D eigenvalue weighted by atomic mass is 32.2. The van der Waals surface area contributed by atoms with E-state index >= 15 is 0 Å². The molecular weight excluding hydrogens is 386 g/mol. The van der Waals surface area contributed by atoms with Gasteiger partial charge in [-0.1, -0.05) is 0 Å². The summed E-state index contributed by atoms with van der Waals surface area (Å²) in [6.45, 7) is 0.442. The van der Waals surface area contributed by atoms with Crippen molar-refractivity contribution in [2.24, 2.45) is 0 Å². The lowest BCUT2D eigenvalue weighted by molar-refractivity contribution is -0.140. The molecule has 2 amide bonds. The lowest BCUT2D eigenvalue weighted by Crippen LogP contribution is -2.38. The fourth-order valence-electron chi connectivity index (χ4n) is 2.22. The number of nitrogens with zero attached hydrogens (tertiary/aromatic N) is 1. The quantitative estimate of drug-likeness (QED) is 0.250. The number of hydrogen-bond donors (Lipinski definition) is 2. The summed E-state index contributed by atoms with van der Waals surface area (Å²) in [4.78, 5) is 37.1. The van der Waals surface area contributed by atoms with Gasteiger partial charge in [0, 0.05) is 41.2 Å². The zero-order valence-electron chi connectivity index (χ0n) is 14.2. The van der Waals surface area contributed by atoms with Crippen molar-refractivity contribution in [3.05, 3.63) is 0 Å². The molecule has 0 aromatic heterocycles. The summed E-state index contributed by atoms with van der Waals surface area (Å²) in [7, 11) is 1.32. The van der Waals surface area contributed by atoms with Gasteiger partial charge >= 0.3 is 5.97 Å². The van der Waals surface area contributed by atoms with Crippen molar-refractivity contribution >= 4 is 53.1 Å². The Hall–Kier alpha value is -0.420. The Labute approximate surface area is 160 Å². The van der Waals surface area contributed by atoms with Gasteiger partial charge in [-0.05, 0) is 0 Å². The number of likely N-dealkylation sites (tertiary alicyclic amines) is 1. The summed E-state index contributed by atoms with van der Waals surface area (Å²) in [6.07, 6.45) is 0.373. The van der Waals surface area contributed by atoms with E-state index < -0.39 is 5.25 Å². The third-order valence-electron chi connectivity index (χ3n) is 3.43. The zero-order valence-corrected chi connectivity index (χ0v) is 16.7. The van der Waals surface area contributed by atoms with Gasteiger partial charge in [0.15, 0.2) is 0 Å². The van der Waals surface area contributed by atoms with Gasteiger partial charge in [0.05, 0.1) is 32.0 Å². The fraction of sp³-hybridized carbons (Fsp3) is 0.800. The molecule has 144 valence electrons. The molecule has 0 radical (unpaired) electrons. The van der Waals surface area contributed by atoms with Crippen molar-refractivity contribution in [2.45, 2.75) is 23.3 Å². The molecule has 1 saturated heterocycles. The molecule has 25 heavy (non-hydrogen) atoms. The first-order valence-electron chi connectivity index (χ1n) is 7.97. The minimum Gasteiger partial charge on any atom is -0.469 e. The van der Waals surface area contributed by atoms with Crippen LogP contribution in [0, 0.1) is 0 Å². The Bertz CT molecular complexity index is 451. The second-order valence-electron chi connectivity index (χ2n) is 5.25. The van der Waals surface area contributed by atoms with E-state index in [1.54, 1.807) is 11.8 Å². The van der Waals surface area contributed by atoms with Gasteiger partial charge in [-0.3, -0.25) is 19.3 Å². The summed E-state index contributed by atoms with van der Waals surface area (Å²) in [5.41, 5.74) is 0. The average molecular weight is 412 g/mol. The number of amides is 2. The number of aliphatic hydroxyl groups is 2. The van der Waals surface area contributed by atoms with Crippen LogP contribution in [0.5, 0.6) is 0 Å². The lowest BCUT2D eigenvalue weighted by atomic mass is 10.4. The topological polar surface area (TPSA) is 104 Å². The van der Waals surface area contributed by atoms with Crippen molar-refractivity contribution in [3.63, 3.8) is 0 Å². The lowest BCUT2D eigenvalue weighted by Gasteiger charge is -2.22. The van der Waals surface area contributed by atoms with Crippen molar-refractivity contribution in [2.75, 3.05) is 49.9 Å². The van der Waals surface area contributed by atoms with E-state index in [0.29, 0.717) is 29.6 Å². The van der Waals surface area contributed by atoms with Crippen LogP contribution in [0.3, 0.4) is 0 Å². The van der Waals surface area contributed by atoms with Gasteiger partial charge in [-0.2, -0.15) is 23.5 Å². The van der Waals surface area contributed by atoms with Crippen LogP contribution in [0.4, 0.5) is 0 Å². The molecule has 0 bridgehead atoms. The average Bonchev–Trinajstić information content (AvgIpc) is 2.86. The highest BCUT2D eigenvalue weighted by Gasteiger charge is 2.39. The van der Waals surface area contributed by atoms with E-state index in [4.69, 9.17) is 10.2 Å². The molecule has 7 nitrogen and oxygen atoms in total. The van der Waals surface area contributed by atoms with Crippen LogP contribution in [0.1, 0.15) is 12.8 Å². The normalized spacial score (nSPS) is 18.7. The van der Waals surface area contributed by atoms with E-state index in [1.807, 2.05) is 0 Å². The highest BCUT2D eigenvalue weighted by molar-refractivity contribution is 8.03. The maximum Gasteiger partial charge on any atom is 0.306 e. The fourth-order valence-corrected chi connectivity index (χ4v) is 5.35. The first-order chi connectivity index (χ1) is 12.0. The Morgan fingerprint density at radius 1 is 1.28 bits per heavy atom. The van der Waals surface area contributed by atoms with Gasteiger partial charge < -0.3 is 14.9 Å². The molecule has 10 heteroatoms. The van der Waals surface area contributed by atoms with Crippen LogP contribution < -0.4 is 0 Å². The molecule has 2 unspecified atom stereocenters. The number of carbonyl (C=O) groups excluding carboxylic acids is 3. The zero-order chi connectivity index (χ0) is 18.7. The maximum atomic E-state index is 12.5. The SMILES string of the molecule is COC(=O)CCSC1CC(=O)N(CC(CSCCO)SCCO)C1=O. The molecule has 0 saturated carbocycles. The van der Waals surface area contributed by atoms with Gasteiger partial charge in [0.25, 0.3) is 0 Å². The Morgan fingerprint density at radius 3 is 2.64 bits per heavy atom. The highest BCUT2D eigenvalue weighted by Crippen LogP contribution is 2.28. The largest absolute Gasteiger partial charge is 0.469 e.